The van der Waals surface area contributed by atoms with Crippen molar-refractivity contribution in [3.8, 4) is 5.75 Å². The summed E-state index contributed by atoms with van der Waals surface area (Å²) in [6.45, 7) is 1.74. The zero-order chi connectivity index (χ0) is 13.6. The summed E-state index contributed by atoms with van der Waals surface area (Å²) < 4.78 is 42.4. The number of hydrogen-bond donors (Lipinski definition) is 0. The molecule has 1 rings (SSSR count). The van der Waals surface area contributed by atoms with Crippen LogP contribution in [-0.4, -0.2) is 5.97 Å². The quantitative estimate of drug-likeness (QED) is 0.356. The van der Waals surface area contributed by atoms with Crippen LogP contribution in [0.1, 0.15) is 12.5 Å². The van der Waals surface area contributed by atoms with Gasteiger partial charge < -0.3 is 4.74 Å². The Morgan fingerprint density at radius 3 is 2.50 bits per heavy atom. The summed E-state index contributed by atoms with van der Waals surface area (Å²) >= 11 is 0. The second kappa shape index (κ2) is 6.05. The van der Waals surface area contributed by atoms with E-state index in [0.717, 1.165) is 18.2 Å². The summed E-state index contributed by atoms with van der Waals surface area (Å²) in [7, 11) is 0. The summed E-state index contributed by atoms with van der Waals surface area (Å²) in [5.74, 6) is -1.36. The van der Waals surface area contributed by atoms with Crippen LogP contribution in [0.25, 0.3) is 0 Å². The number of carbonyl (C=O) groups is 1. The van der Waals surface area contributed by atoms with Crippen LogP contribution < -0.4 is 4.74 Å². The Balaban J connectivity index is 2.88. The van der Waals surface area contributed by atoms with Gasteiger partial charge in [0.05, 0.1) is 5.56 Å². The van der Waals surface area contributed by atoms with Crippen LogP contribution in [0.3, 0.4) is 0 Å². The highest BCUT2D eigenvalue weighted by Crippen LogP contribution is 2.35. The molecule has 96 valence electrons. The summed E-state index contributed by atoms with van der Waals surface area (Å²) in [5, 5.41) is 0. The summed E-state index contributed by atoms with van der Waals surface area (Å²) in [6.07, 6.45) is 1.12. The SMILES string of the molecule is CC=CC=CC(=O)Oc1ccccc1C(F)(F)F. The van der Waals surface area contributed by atoms with Crippen molar-refractivity contribution in [2.45, 2.75) is 13.1 Å². The van der Waals surface area contributed by atoms with E-state index in [1.54, 1.807) is 19.1 Å². The van der Waals surface area contributed by atoms with Crippen molar-refractivity contribution in [2.24, 2.45) is 0 Å². The smallest absolute Gasteiger partial charge is 0.419 e. The minimum Gasteiger partial charge on any atom is -0.423 e. The van der Waals surface area contributed by atoms with Crippen molar-refractivity contribution in [3.05, 3.63) is 54.1 Å². The number of halogens is 3. The molecule has 0 saturated heterocycles. The first-order chi connectivity index (χ1) is 8.45. The number of ether oxygens (including phenoxy) is 1. The average molecular weight is 256 g/mol. The monoisotopic (exact) mass is 256 g/mol. The van der Waals surface area contributed by atoms with E-state index in [-0.39, 0.29) is 0 Å². The molecule has 0 saturated carbocycles. The van der Waals surface area contributed by atoms with Crippen molar-refractivity contribution in [1.29, 1.82) is 0 Å². The fourth-order valence-corrected chi connectivity index (χ4v) is 1.18. The van der Waals surface area contributed by atoms with Gasteiger partial charge in [0.1, 0.15) is 5.75 Å². The molecule has 18 heavy (non-hydrogen) atoms. The normalized spacial score (nSPS) is 12.2. The molecule has 1 aromatic rings. The molecule has 0 N–H and O–H groups in total. The second-order valence-electron chi connectivity index (χ2n) is 3.30. The minimum absolute atomic E-state index is 0.500. The lowest BCUT2D eigenvalue weighted by Crippen LogP contribution is -2.11. The van der Waals surface area contributed by atoms with Gasteiger partial charge in [0.25, 0.3) is 0 Å². The van der Waals surface area contributed by atoms with Gasteiger partial charge in [-0.25, -0.2) is 4.79 Å². The molecule has 0 atom stereocenters. The van der Waals surface area contributed by atoms with E-state index in [1.165, 1.54) is 18.2 Å². The number of para-hydroxylation sites is 1. The Bertz CT molecular complexity index is 473. The molecule has 0 aromatic heterocycles. The third kappa shape index (κ3) is 4.08. The molecule has 0 heterocycles. The Labute approximate surface area is 102 Å². The molecule has 0 fully saturated rings. The van der Waals surface area contributed by atoms with Crippen molar-refractivity contribution < 1.29 is 22.7 Å². The van der Waals surface area contributed by atoms with E-state index >= 15 is 0 Å². The van der Waals surface area contributed by atoms with Crippen molar-refractivity contribution in [1.82, 2.24) is 0 Å². The lowest BCUT2D eigenvalue weighted by molar-refractivity contribution is -0.140. The number of allylic oxidation sites excluding steroid dienone is 3. The van der Waals surface area contributed by atoms with Crippen LogP contribution in [0, 0.1) is 0 Å². The standard InChI is InChI=1S/C13H11F3O2/c1-2-3-4-9-12(17)18-11-8-6-5-7-10(11)13(14,15)16/h2-9H,1H3. The van der Waals surface area contributed by atoms with Crippen LogP contribution in [-0.2, 0) is 11.0 Å². The molecule has 5 heteroatoms. The number of carbonyl (C=O) groups excluding carboxylic acids is 1. The highest BCUT2D eigenvalue weighted by molar-refractivity contribution is 5.84. The van der Waals surface area contributed by atoms with Gasteiger partial charge >= 0.3 is 12.1 Å². The largest absolute Gasteiger partial charge is 0.423 e. The maximum Gasteiger partial charge on any atom is 0.419 e. The molecule has 0 radical (unpaired) electrons. The Kier molecular flexibility index (Phi) is 4.71. The maximum atomic E-state index is 12.6. The van der Waals surface area contributed by atoms with Crippen molar-refractivity contribution in [3.63, 3.8) is 0 Å². The summed E-state index contributed by atoms with van der Waals surface area (Å²) in [6, 6.07) is 4.56. The fraction of sp³-hybridized carbons (Fsp3) is 0.154. The fourth-order valence-electron chi connectivity index (χ4n) is 1.18. The van der Waals surface area contributed by atoms with E-state index in [9.17, 15) is 18.0 Å². The van der Waals surface area contributed by atoms with Crippen LogP contribution in [0.15, 0.2) is 48.6 Å². The third-order valence-electron chi connectivity index (χ3n) is 1.94. The number of rotatable bonds is 3. The van der Waals surface area contributed by atoms with Crippen LogP contribution in [0.2, 0.25) is 0 Å². The van der Waals surface area contributed by atoms with E-state index in [0.29, 0.717) is 0 Å². The maximum absolute atomic E-state index is 12.6. The van der Waals surface area contributed by atoms with Crippen LogP contribution >= 0.6 is 0 Å². The Morgan fingerprint density at radius 2 is 1.89 bits per heavy atom. The topological polar surface area (TPSA) is 26.3 Å². The zero-order valence-electron chi connectivity index (χ0n) is 9.57. The number of benzene rings is 1. The lowest BCUT2D eigenvalue weighted by Gasteiger charge is -2.11. The average Bonchev–Trinajstić information content (AvgIpc) is 2.28. The zero-order valence-corrected chi connectivity index (χ0v) is 9.57. The molecular weight excluding hydrogens is 245 g/mol. The van der Waals surface area contributed by atoms with Gasteiger partial charge in [0.2, 0.25) is 0 Å². The van der Waals surface area contributed by atoms with E-state index in [1.807, 2.05) is 0 Å². The molecule has 0 aliphatic heterocycles. The van der Waals surface area contributed by atoms with E-state index < -0.39 is 23.5 Å². The van der Waals surface area contributed by atoms with Gasteiger partial charge in [0.15, 0.2) is 0 Å². The highest BCUT2D eigenvalue weighted by atomic mass is 19.4. The van der Waals surface area contributed by atoms with Crippen LogP contribution in [0.4, 0.5) is 13.2 Å². The lowest BCUT2D eigenvalue weighted by atomic mass is 10.2. The van der Waals surface area contributed by atoms with Gasteiger partial charge in [-0.05, 0) is 19.1 Å². The van der Waals surface area contributed by atoms with Crippen LogP contribution in [0.5, 0.6) is 5.75 Å². The molecule has 1 aromatic carbocycles. The first-order valence-corrected chi connectivity index (χ1v) is 5.12. The molecule has 0 bridgehead atoms. The molecular formula is C13H11F3O2. The van der Waals surface area contributed by atoms with E-state index in [2.05, 4.69) is 4.74 Å². The van der Waals surface area contributed by atoms with Gasteiger partial charge in [-0.2, -0.15) is 13.2 Å². The number of alkyl halides is 3. The van der Waals surface area contributed by atoms with Crippen molar-refractivity contribution in [2.75, 3.05) is 0 Å². The molecule has 0 amide bonds. The van der Waals surface area contributed by atoms with Gasteiger partial charge in [-0.1, -0.05) is 30.4 Å². The third-order valence-corrected chi connectivity index (χ3v) is 1.94. The highest BCUT2D eigenvalue weighted by Gasteiger charge is 2.34. The van der Waals surface area contributed by atoms with Gasteiger partial charge in [-0.3, -0.25) is 0 Å². The minimum atomic E-state index is -4.55. The first-order valence-electron chi connectivity index (χ1n) is 5.12. The number of esters is 1. The molecule has 0 spiro atoms. The number of hydrogen-bond acceptors (Lipinski definition) is 2. The van der Waals surface area contributed by atoms with Gasteiger partial charge in [-0.15, -0.1) is 0 Å². The summed E-state index contributed by atoms with van der Waals surface area (Å²) in [4.78, 5) is 11.3. The predicted molar refractivity (Wildman–Crippen MR) is 61.0 cm³/mol. The molecule has 0 aliphatic rings. The van der Waals surface area contributed by atoms with Gasteiger partial charge in [0, 0.05) is 6.08 Å². The second-order valence-corrected chi connectivity index (χ2v) is 3.30. The van der Waals surface area contributed by atoms with E-state index in [4.69, 9.17) is 0 Å². The first kappa shape index (κ1) is 14.0. The molecule has 0 unspecified atom stereocenters. The predicted octanol–water partition coefficient (Wildman–Crippen LogP) is 3.74. The Hall–Kier alpha value is -2.04. The summed E-state index contributed by atoms with van der Waals surface area (Å²) in [5.41, 5.74) is -0.974. The van der Waals surface area contributed by atoms with Crippen molar-refractivity contribution >= 4 is 5.97 Å². The molecule has 2 nitrogen and oxygen atoms in total. The molecule has 0 aliphatic carbocycles. The Morgan fingerprint density at radius 1 is 1.22 bits per heavy atom.